The molecule has 0 heterocycles. The first-order chi connectivity index (χ1) is 9.29. The van der Waals surface area contributed by atoms with Crippen molar-refractivity contribution in [1.29, 1.82) is 0 Å². The minimum Gasteiger partial charge on any atom is -0.395 e. The standard InChI is InChI=1S/C16H25NO2/c18-9-8-17(14-4-2-1-3-5-14)16(19)15-11-12-6-7-13(15)10-12/h6-7,12-15,18H,1-5,8-11H2. The van der Waals surface area contributed by atoms with E-state index in [1.165, 1.54) is 25.7 Å². The van der Waals surface area contributed by atoms with Crippen molar-refractivity contribution in [3.63, 3.8) is 0 Å². The van der Waals surface area contributed by atoms with Crippen molar-refractivity contribution in [1.82, 2.24) is 4.90 Å². The molecule has 0 spiro atoms. The number of carbonyl (C=O) groups excluding carboxylic acids is 1. The van der Waals surface area contributed by atoms with E-state index in [9.17, 15) is 9.90 Å². The number of fused-ring (bicyclic) bond motifs is 2. The van der Waals surface area contributed by atoms with E-state index >= 15 is 0 Å². The zero-order valence-corrected chi connectivity index (χ0v) is 11.6. The second-order valence-corrected chi connectivity index (χ2v) is 6.43. The molecule has 2 saturated carbocycles. The van der Waals surface area contributed by atoms with Gasteiger partial charge in [0.15, 0.2) is 0 Å². The van der Waals surface area contributed by atoms with Crippen molar-refractivity contribution < 1.29 is 9.90 Å². The number of hydrogen-bond donors (Lipinski definition) is 1. The molecular weight excluding hydrogens is 238 g/mol. The highest BCUT2D eigenvalue weighted by atomic mass is 16.3. The molecule has 0 aliphatic heterocycles. The monoisotopic (exact) mass is 263 g/mol. The fourth-order valence-electron chi connectivity index (χ4n) is 4.25. The van der Waals surface area contributed by atoms with Crippen LogP contribution in [-0.2, 0) is 4.79 Å². The van der Waals surface area contributed by atoms with Crippen LogP contribution in [0.2, 0.25) is 0 Å². The molecule has 3 rings (SSSR count). The van der Waals surface area contributed by atoms with Gasteiger partial charge in [-0.2, -0.15) is 0 Å². The van der Waals surface area contributed by atoms with Crippen LogP contribution >= 0.6 is 0 Å². The van der Waals surface area contributed by atoms with Crippen molar-refractivity contribution in [3.05, 3.63) is 12.2 Å². The molecule has 2 fully saturated rings. The third-order valence-corrected chi connectivity index (χ3v) is 5.24. The van der Waals surface area contributed by atoms with Gasteiger partial charge in [-0.25, -0.2) is 0 Å². The van der Waals surface area contributed by atoms with E-state index in [4.69, 9.17) is 0 Å². The molecule has 3 aliphatic carbocycles. The van der Waals surface area contributed by atoms with Gasteiger partial charge in [-0.15, -0.1) is 0 Å². The van der Waals surface area contributed by atoms with Gasteiger partial charge in [-0.1, -0.05) is 31.4 Å². The largest absolute Gasteiger partial charge is 0.395 e. The van der Waals surface area contributed by atoms with Gasteiger partial charge in [0.05, 0.1) is 6.61 Å². The summed E-state index contributed by atoms with van der Waals surface area (Å²) in [5.41, 5.74) is 0. The Bertz CT molecular complexity index is 360. The minimum atomic E-state index is 0.0961. The number of carbonyl (C=O) groups is 1. The first-order valence-corrected chi connectivity index (χ1v) is 7.89. The van der Waals surface area contributed by atoms with E-state index in [1.54, 1.807) is 0 Å². The zero-order valence-electron chi connectivity index (χ0n) is 11.6. The Morgan fingerprint density at radius 3 is 2.53 bits per heavy atom. The number of nitrogens with zero attached hydrogens (tertiary/aromatic N) is 1. The summed E-state index contributed by atoms with van der Waals surface area (Å²) in [4.78, 5) is 14.8. The molecule has 3 atom stereocenters. The molecule has 1 N–H and O–H groups in total. The second kappa shape index (κ2) is 5.66. The normalized spacial score (nSPS) is 33.8. The van der Waals surface area contributed by atoms with E-state index in [2.05, 4.69) is 12.2 Å². The summed E-state index contributed by atoms with van der Waals surface area (Å²) in [6.07, 6.45) is 12.8. The Morgan fingerprint density at radius 2 is 1.95 bits per heavy atom. The average Bonchev–Trinajstić information content (AvgIpc) is 3.07. The van der Waals surface area contributed by atoms with Crippen LogP contribution in [-0.4, -0.2) is 35.1 Å². The number of aliphatic hydroxyl groups is 1. The topological polar surface area (TPSA) is 40.5 Å². The maximum absolute atomic E-state index is 12.8. The fraction of sp³-hybridized carbons (Fsp3) is 0.812. The molecule has 1 amide bonds. The third kappa shape index (κ3) is 2.58. The number of amides is 1. The van der Waals surface area contributed by atoms with Crippen LogP contribution in [0.4, 0.5) is 0 Å². The number of aliphatic hydroxyl groups excluding tert-OH is 1. The molecule has 3 nitrogen and oxygen atoms in total. The Hall–Kier alpha value is -0.830. The smallest absolute Gasteiger partial charge is 0.226 e. The molecule has 3 aliphatic rings. The summed E-state index contributed by atoms with van der Waals surface area (Å²) in [6, 6.07) is 0.386. The summed E-state index contributed by atoms with van der Waals surface area (Å²) < 4.78 is 0. The third-order valence-electron chi connectivity index (χ3n) is 5.24. The zero-order chi connectivity index (χ0) is 13.2. The molecule has 19 heavy (non-hydrogen) atoms. The Kier molecular flexibility index (Phi) is 3.92. The van der Waals surface area contributed by atoms with Crippen LogP contribution in [0.25, 0.3) is 0 Å². The molecular formula is C16H25NO2. The van der Waals surface area contributed by atoms with Gasteiger partial charge in [-0.3, -0.25) is 4.79 Å². The highest BCUT2D eigenvalue weighted by Crippen LogP contribution is 2.44. The predicted octanol–water partition coefficient (Wildman–Crippen LogP) is 2.35. The summed E-state index contributed by atoms with van der Waals surface area (Å²) in [7, 11) is 0. The number of rotatable bonds is 4. The molecule has 0 aromatic heterocycles. The van der Waals surface area contributed by atoms with Crippen LogP contribution in [0.3, 0.4) is 0 Å². The first kappa shape index (κ1) is 13.2. The summed E-state index contributed by atoms with van der Waals surface area (Å²) in [6.45, 7) is 0.625. The molecule has 0 aromatic carbocycles. The lowest BCUT2D eigenvalue weighted by molar-refractivity contribution is -0.140. The maximum atomic E-state index is 12.8. The number of hydrogen-bond acceptors (Lipinski definition) is 2. The van der Waals surface area contributed by atoms with Crippen LogP contribution in [0.5, 0.6) is 0 Å². The highest BCUT2D eigenvalue weighted by Gasteiger charge is 2.42. The van der Waals surface area contributed by atoms with Gasteiger partial charge >= 0.3 is 0 Å². The van der Waals surface area contributed by atoms with Crippen molar-refractivity contribution in [2.45, 2.75) is 51.0 Å². The Morgan fingerprint density at radius 1 is 1.16 bits per heavy atom. The van der Waals surface area contributed by atoms with Gasteiger partial charge in [0.1, 0.15) is 0 Å². The van der Waals surface area contributed by atoms with Gasteiger partial charge in [0, 0.05) is 18.5 Å². The minimum absolute atomic E-state index is 0.0961. The van der Waals surface area contributed by atoms with Gasteiger partial charge in [0.2, 0.25) is 5.91 Å². The van der Waals surface area contributed by atoms with Crippen LogP contribution < -0.4 is 0 Å². The van der Waals surface area contributed by atoms with Crippen molar-refractivity contribution in [2.75, 3.05) is 13.2 Å². The lowest BCUT2D eigenvalue weighted by Gasteiger charge is -2.36. The average molecular weight is 263 g/mol. The molecule has 3 heteroatoms. The first-order valence-electron chi connectivity index (χ1n) is 7.89. The Labute approximate surface area is 115 Å². The van der Waals surface area contributed by atoms with E-state index < -0.39 is 0 Å². The molecule has 0 saturated heterocycles. The van der Waals surface area contributed by atoms with Gasteiger partial charge in [-0.05, 0) is 37.5 Å². The van der Waals surface area contributed by atoms with E-state index in [0.717, 1.165) is 19.3 Å². The lowest BCUT2D eigenvalue weighted by Crippen LogP contribution is -2.46. The lowest BCUT2D eigenvalue weighted by atomic mass is 9.89. The van der Waals surface area contributed by atoms with Crippen molar-refractivity contribution >= 4 is 5.91 Å². The second-order valence-electron chi connectivity index (χ2n) is 6.43. The number of allylic oxidation sites excluding steroid dienone is 2. The molecule has 0 aromatic rings. The fourth-order valence-corrected chi connectivity index (χ4v) is 4.25. The van der Waals surface area contributed by atoms with E-state index in [1.807, 2.05) is 4.90 Å². The summed E-state index contributed by atoms with van der Waals surface area (Å²) >= 11 is 0. The van der Waals surface area contributed by atoms with Crippen molar-refractivity contribution in [2.24, 2.45) is 17.8 Å². The molecule has 3 unspecified atom stereocenters. The van der Waals surface area contributed by atoms with Gasteiger partial charge in [0.25, 0.3) is 0 Å². The molecule has 106 valence electrons. The summed E-state index contributed by atoms with van der Waals surface area (Å²) in [5, 5.41) is 9.28. The van der Waals surface area contributed by atoms with E-state index in [0.29, 0.717) is 30.3 Å². The Balaban J connectivity index is 1.68. The van der Waals surface area contributed by atoms with Gasteiger partial charge < -0.3 is 10.0 Å². The van der Waals surface area contributed by atoms with Crippen LogP contribution in [0.1, 0.15) is 44.9 Å². The maximum Gasteiger partial charge on any atom is 0.226 e. The molecule has 2 bridgehead atoms. The van der Waals surface area contributed by atoms with E-state index in [-0.39, 0.29) is 12.5 Å². The van der Waals surface area contributed by atoms with Crippen LogP contribution in [0.15, 0.2) is 12.2 Å². The predicted molar refractivity (Wildman–Crippen MR) is 74.5 cm³/mol. The quantitative estimate of drug-likeness (QED) is 0.791. The molecule has 0 radical (unpaired) electrons. The highest BCUT2D eigenvalue weighted by molar-refractivity contribution is 5.80. The van der Waals surface area contributed by atoms with Crippen LogP contribution in [0, 0.1) is 17.8 Å². The van der Waals surface area contributed by atoms with Crippen molar-refractivity contribution in [3.8, 4) is 0 Å². The SMILES string of the molecule is O=C(C1CC2C=CC1C2)N(CCO)C1CCCCC1. The summed E-state index contributed by atoms with van der Waals surface area (Å²) in [5.74, 6) is 1.63.